The van der Waals surface area contributed by atoms with Gasteiger partial charge < -0.3 is 4.57 Å². The Hall–Kier alpha value is -4.94. The molecule has 0 aliphatic heterocycles. The van der Waals surface area contributed by atoms with E-state index in [9.17, 15) is 52.7 Å². The zero-order valence-electron chi connectivity index (χ0n) is 26.7. The minimum absolute atomic E-state index is 0.00782. The molecule has 51 heavy (non-hydrogen) atoms. The standard InChI is InChI=1S/C38H25F12N/c1-34(2,3)30-6-4-5-7-33(30)51-31-10-8-20(22-12-24(35(39,40)41)18-25(13-22)36(42,43)44)16-28(31)29-17-21(9-11-32(29)51)23-14-26(37(45,46)47)19-27(15-23)38(48,49)50/h4-19H,1-3H3. The van der Waals surface area contributed by atoms with Gasteiger partial charge in [-0.3, -0.25) is 0 Å². The molecule has 0 amide bonds. The first kappa shape index (κ1) is 35.9. The summed E-state index contributed by atoms with van der Waals surface area (Å²) in [6.07, 6.45) is -20.4. The summed E-state index contributed by atoms with van der Waals surface area (Å²) in [7, 11) is 0. The van der Waals surface area contributed by atoms with Crippen LogP contribution in [0.3, 0.4) is 0 Å². The maximum atomic E-state index is 13.7. The van der Waals surface area contributed by atoms with Crippen LogP contribution in [0.5, 0.6) is 0 Å². The van der Waals surface area contributed by atoms with E-state index >= 15 is 0 Å². The summed E-state index contributed by atoms with van der Waals surface area (Å²) in [5, 5.41) is 0.559. The molecule has 0 unspecified atom stereocenters. The second kappa shape index (κ2) is 11.8. The van der Waals surface area contributed by atoms with E-state index in [2.05, 4.69) is 0 Å². The molecule has 0 aliphatic carbocycles. The summed E-state index contributed by atoms with van der Waals surface area (Å²) in [6, 6.07) is 18.0. The first-order chi connectivity index (χ1) is 23.4. The maximum Gasteiger partial charge on any atom is 0.416 e. The van der Waals surface area contributed by atoms with Gasteiger partial charge in [0.05, 0.1) is 33.3 Å². The van der Waals surface area contributed by atoms with Crippen molar-refractivity contribution >= 4 is 21.8 Å². The van der Waals surface area contributed by atoms with Crippen LogP contribution in [-0.2, 0) is 30.1 Å². The highest BCUT2D eigenvalue weighted by molar-refractivity contribution is 6.11. The normalized spacial score (nSPS) is 13.4. The molecule has 0 bridgehead atoms. The molecular weight excluding hydrogens is 698 g/mol. The van der Waals surface area contributed by atoms with Crippen molar-refractivity contribution in [2.45, 2.75) is 50.9 Å². The van der Waals surface area contributed by atoms with Gasteiger partial charge in [0.2, 0.25) is 0 Å². The number of para-hydroxylation sites is 1. The average molecular weight is 724 g/mol. The number of benzene rings is 5. The van der Waals surface area contributed by atoms with E-state index < -0.39 is 63.5 Å². The molecule has 0 radical (unpaired) electrons. The molecule has 13 heteroatoms. The van der Waals surface area contributed by atoms with Crippen LogP contribution in [0, 0.1) is 0 Å². The summed E-state index contributed by atoms with van der Waals surface area (Å²) in [5.41, 5.74) is -5.05. The van der Waals surface area contributed by atoms with Crippen molar-refractivity contribution in [2.75, 3.05) is 0 Å². The Morgan fingerprint density at radius 3 is 1.08 bits per heavy atom. The van der Waals surface area contributed by atoms with Gasteiger partial charge in [-0.2, -0.15) is 52.7 Å². The molecule has 1 nitrogen and oxygen atoms in total. The monoisotopic (exact) mass is 723 g/mol. The third-order valence-corrected chi connectivity index (χ3v) is 8.56. The lowest BCUT2D eigenvalue weighted by Gasteiger charge is -2.24. The third-order valence-electron chi connectivity index (χ3n) is 8.56. The number of hydrogen-bond acceptors (Lipinski definition) is 0. The van der Waals surface area contributed by atoms with Crippen molar-refractivity contribution in [2.24, 2.45) is 0 Å². The van der Waals surface area contributed by atoms with Crippen molar-refractivity contribution in [1.29, 1.82) is 0 Å². The van der Waals surface area contributed by atoms with Crippen molar-refractivity contribution in [1.82, 2.24) is 4.57 Å². The SMILES string of the molecule is CC(C)(C)c1ccccc1-n1c2ccc(-c3cc(C(F)(F)F)cc(C(F)(F)F)c3)cc2c2cc(-c3cc(C(F)(F)F)cc(C(F)(F)F)c3)ccc21. The molecule has 6 aromatic rings. The van der Waals surface area contributed by atoms with E-state index in [1.165, 1.54) is 36.4 Å². The zero-order chi connectivity index (χ0) is 37.5. The Kier molecular flexibility index (Phi) is 8.31. The lowest BCUT2D eigenvalue weighted by atomic mass is 9.85. The Morgan fingerprint density at radius 1 is 0.392 bits per heavy atom. The first-order valence-electron chi connectivity index (χ1n) is 15.2. The highest BCUT2D eigenvalue weighted by Gasteiger charge is 2.38. The molecule has 0 aliphatic rings. The number of halogens is 12. The minimum atomic E-state index is -5.11. The van der Waals surface area contributed by atoms with Crippen LogP contribution in [0.2, 0.25) is 0 Å². The Labute approximate surface area is 282 Å². The Morgan fingerprint density at radius 2 is 0.745 bits per heavy atom. The highest BCUT2D eigenvalue weighted by atomic mass is 19.4. The van der Waals surface area contributed by atoms with E-state index in [4.69, 9.17) is 0 Å². The van der Waals surface area contributed by atoms with Gasteiger partial charge in [0, 0.05) is 16.5 Å². The van der Waals surface area contributed by atoms with E-state index in [1.807, 2.05) is 32.9 Å². The van der Waals surface area contributed by atoms with E-state index in [1.54, 1.807) is 16.7 Å². The fourth-order valence-corrected chi connectivity index (χ4v) is 6.19. The van der Waals surface area contributed by atoms with E-state index in [0.29, 0.717) is 41.0 Å². The van der Waals surface area contributed by atoms with Crippen LogP contribution in [0.1, 0.15) is 48.6 Å². The molecule has 0 saturated heterocycles. The molecule has 0 N–H and O–H groups in total. The summed E-state index contributed by atoms with van der Waals surface area (Å²) < 4.78 is 167. The fourth-order valence-electron chi connectivity index (χ4n) is 6.19. The molecule has 1 aromatic heterocycles. The lowest BCUT2D eigenvalue weighted by molar-refractivity contribution is -0.144. The molecule has 0 spiro atoms. The number of aromatic nitrogens is 1. The molecule has 1 heterocycles. The lowest BCUT2D eigenvalue weighted by Crippen LogP contribution is -2.15. The summed E-state index contributed by atoms with van der Waals surface area (Å²) in [4.78, 5) is 0. The van der Waals surface area contributed by atoms with Gasteiger partial charge in [-0.1, -0.05) is 51.1 Å². The van der Waals surface area contributed by atoms with Crippen LogP contribution in [-0.4, -0.2) is 4.57 Å². The highest BCUT2D eigenvalue weighted by Crippen LogP contribution is 2.44. The van der Waals surface area contributed by atoms with E-state index in [-0.39, 0.29) is 34.0 Å². The van der Waals surface area contributed by atoms with Crippen molar-refractivity contribution in [3.8, 4) is 27.9 Å². The molecular formula is C38H25F12N. The molecule has 0 atom stereocenters. The summed E-state index contributed by atoms with van der Waals surface area (Å²) >= 11 is 0. The number of rotatable bonds is 3. The van der Waals surface area contributed by atoms with Gasteiger partial charge in [0.25, 0.3) is 0 Å². The fraction of sp³-hybridized carbons (Fsp3) is 0.211. The van der Waals surface area contributed by atoms with Gasteiger partial charge in [0.15, 0.2) is 0 Å². The van der Waals surface area contributed by atoms with Crippen LogP contribution in [0.25, 0.3) is 49.7 Å². The topological polar surface area (TPSA) is 4.93 Å². The molecule has 0 saturated carbocycles. The summed E-state index contributed by atoms with van der Waals surface area (Å²) in [5.74, 6) is 0. The number of fused-ring (bicyclic) bond motifs is 3. The number of nitrogens with zero attached hydrogens (tertiary/aromatic N) is 1. The first-order valence-corrected chi connectivity index (χ1v) is 15.2. The second-order valence-corrected chi connectivity index (χ2v) is 13.2. The summed E-state index contributed by atoms with van der Waals surface area (Å²) in [6.45, 7) is 5.86. The molecule has 6 rings (SSSR count). The Bertz CT molecular complexity index is 2100. The predicted molar refractivity (Wildman–Crippen MR) is 170 cm³/mol. The average Bonchev–Trinajstić information content (AvgIpc) is 3.35. The molecule has 5 aromatic carbocycles. The number of alkyl halides is 12. The molecule has 266 valence electrons. The minimum Gasteiger partial charge on any atom is -0.309 e. The quantitative estimate of drug-likeness (QED) is 0.160. The van der Waals surface area contributed by atoms with Crippen molar-refractivity contribution < 1.29 is 52.7 Å². The predicted octanol–water partition coefficient (Wildman–Crippen LogP) is 13.5. The van der Waals surface area contributed by atoms with Crippen LogP contribution in [0.4, 0.5) is 52.7 Å². The smallest absolute Gasteiger partial charge is 0.309 e. The van der Waals surface area contributed by atoms with Gasteiger partial charge in [-0.05, 0) is 100.0 Å². The van der Waals surface area contributed by atoms with E-state index in [0.717, 1.165) is 5.56 Å². The van der Waals surface area contributed by atoms with Gasteiger partial charge in [0.1, 0.15) is 0 Å². The van der Waals surface area contributed by atoms with Crippen molar-refractivity contribution in [3.63, 3.8) is 0 Å². The third kappa shape index (κ3) is 6.90. The van der Waals surface area contributed by atoms with Crippen LogP contribution in [0.15, 0.2) is 97.1 Å². The van der Waals surface area contributed by atoms with Gasteiger partial charge in [-0.25, -0.2) is 0 Å². The van der Waals surface area contributed by atoms with Crippen LogP contribution >= 0.6 is 0 Å². The molecule has 0 fully saturated rings. The largest absolute Gasteiger partial charge is 0.416 e. The van der Waals surface area contributed by atoms with Crippen molar-refractivity contribution in [3.05, 3.63) is 125 Å². The second-order valence-electron chi connectivity index (χ2n) is 13.2. The maximum absolute atomic E-state index is 13.7. The van der Waals surface area contributed by atoms with Crippen LogP contribution < -0.4 is 0 Å². The van der Waals surface area contributed by atoms with Gasteiger partial charge in [-0.15, -0.1) is 0 Å². The van der Waals surface area contributed by atoms with Gasteiger partial charge >= 0.3 is 24.7 Å². The zero-order valence-corrected chi connectivity index (χ0v) is 26.7. The Balaban J connectivity index is 1.69. The number of hydrogen-bond donors (Lipinski definition) is 0.